The van der Waals surface area contributed by atoms with Gasteiger partial charge in [-0.05, 0) is 36.6 Å². The number of hydrogen-bond donors (Lipinski definition) is 3. The molecular formula is C22H18F3N7O. The minimum Gasteiger partial charge on any atom is -0.365 e. The molecule has 0 saturated heterocycles. The molecule has 0 aliphatic heterocycles. The molecule has 0 bridgehead atoms. The average molecular weight is 453 g/mol. The second-order valence-electron chi connectivity index (χ2n) is 7.61. The highest BCUT2D eigenvalue weighted by molar-refractivity contribution is 6.12. The number of nitrogens with zero attached hydrogens (tertiary/aromatic N) is 4. The monoisotopic (exact) mass is 453 g/mol. The Bertz CT molecular complexity index is 1260. The normalized spacial score (nSPS) is 17.6. The molecule has 3 N–H and O–H groups in total. The van der Waals surface area contributed by atoms with Crippen LogP contribution in [-0.2, 0) is 12.7 Å². The van der Waals surface area contributed by atoms with Crippen LogP contribution in [0.25, 0.3) is 0 Å². The zero-order valence-electron chi connectivity index (χ0n) is 17.1. The molecule has 3 aromatic rings. The van der Waals surface area contributed by atoms with Gasteiger partial charge in [0.05, 0.1) is 0 Å². The lowest BCUT2D eigenvalue weighted by Crippen LogP contribution is -2.30. The van der Waals surface area contributed by atoms with Crippen molar-refractivity contribution in [3.8, 4) is 6.07 Å². The van der Waals surface area contributed by atoms with Gasteiger partial charge in [-0.2, -0.15) is 18.4 Å². The molecule has 0 spiro atoms. The summed E-state index contributed by atoms with van der Waals surface area (Å²) in [5, 5.41) is 19.9. The van der Waals surface area contributed by atoms with Gasteiger partial charge in [0.2, 0.25) is 0 Å². The molecule has 8 nitrogen and oxygen atoms in total. The maximum Gasteiger partial charge on any atom is 0.433 e. The van der Waals surface area contributed by atoms with Crippen molar-refractivity contribution in [2.75, 3.05) is 5.32 Å². The van der Waals surface area contributed by atoms with Gasteiger partial charge >= 0.3 is 6.18 Å². The Labute approximate surface area is 186 Å². The lowest BCUT2D eigenvalue weighted by molar-refractivity contribution is -0.141. The van der Waals surface area contributed by atoms with Crippen molar-refractivity contribution in [2.45, 2.75) is 37.4 Å². The molecule has 2 unspecified atom stereocenters. The van der Waals surface area contributed by atoms with Crippen LogP contribution in [-0.4, -0.2) is 25.6 Å². The maximum atomic E-state index is 12.7. The highest BCUT2D eigenvalue weighted by Gasteiger charge is 2.37. The number of nitrogens with one attached hydrogen (secondary N) is 3. The van der Waals surface area contributed by atoms with Gasteiger partial charge < -0.3 is 10.3 Å². The number of anilines is 1. The van der Waals surface area contributed by atoms with E-state index in [2.05, 4.69) is 25.3 Å². The molecule has 3 aromatic heterocycles. The SMILES string of the molecule is N#CC(=N)c1c(NCc2ccc(C(F)(F)F)nc2)nc(C2CCC2c2ccccn2)[nH]c1=O. The number of hydrogen-bond acceptors (Lipinski definition) is 7. The number of H-pyrrole nitrogens is 1. The predicted octanol–water partition coefficient (Wildman–Crippen LogP) is 3.74. The standard InChI is InChI=1S/C22H18F3N7O/c23-22(24,25)17-7-4-12(10-29-17)11-30-20-18(15(27)9-26)21(33)32-19(31-20)14-6-5-13(14)16-3-1-2-8-28-16/h1-4,7-8,10,13-14,27H,5-6,11H2,(H2,30,31,32,33). The van der Waals surface area contributed by atoms with Gasteiger partial charge in [-0.1, -0.05) is 12.1 Å². The summed E-state index contributed by atoms with van der Waals surface area (Å²) in [5.74, 6) is 0.407. The van der Waals surface area contributed by atoms with Gasteiger partial charge in [-0.15, -0.1) is 0 Å². The van der Waals surface area contributed by atoms with Crippen LogP contribution in [0.2, 0.25) is 0 Å². The minimum atomic E-state index is -4.54. The van der Waals surface area contributed by atoms with Crippen LogP contribution < -0.4 is 10.9 Å². The van der Waals surface area contributed by atoms with E-state index in [0.717, 1.165) is 30.8 Å². The van der Waals surface area contributed by atoms with Crippen LogP contribution >= 0.6 is 0 Å². The fraction of sp³-hybridized carbons (Fsp3) is 0.273. The summed E-state index contributed by atoms with van der Waals surface area (Å²) < 4.78 is 38.2. The number of pyridine rings is 2. The number of aromatic amines is 1. The van der Waals surface area contributed by atoms with Crippen LogP contribution in [0.3, 0.4) is 0 Å². The molecule has 1 saturated carbocycles. The lowest BCUT2D eigenvalue weighted by atomic mass is 9.71. The Balaban J connectivity index is 1.62. The Kier molecular flexibility index (Phi) is 5.91. The van der Waals surface area contributed by atoms with E-state index in [1.54, 1.807) is 12.3 Å². The Morgan fingerprint density at radius 2 is 2.00 bits per heavy atom. The first-order chi connectivity index (χ1) is 15.8. The highest BCUT2D eigenvalue weighted by atomic mass is 19.4. The van der Waals surface area contributed by atoms with Gasteiger partial charge in [0.15, 0.2) is 0 Å². The molecule has 168 valence electrons. The van der Waals surface area contributed by atoms with Crippen LogP contribution in [0.5, 0.6) is 0 Å². The first-order valence-electron chi connectivity index (χ1n) is 10.1. The van der Waals surface area contributed by atoms with Crippen LogP contribution in [0, 0.1) is 16.7 Å². The van der Waals surface area contributed by atoms with Crippen molar-refractivity contribution in [3.05, 3.63) is 81.4 Å². The van der Waals surface area contributed by atoms with E-state index in [-0.39, 0.29) is 29.8 Å². The molecule has 2 atom stereocenters. The third kappa shape index (κ3) is 4.59. The van der Waals surface area contributed by atoms with Crippen molar-refractivity contribution < 1.29 is 13.2 Å². The summed E-state index contributed by atoms with van der Waals surface area (Å²) in [7, 11) is 0. The van der Waals surface area contributed by atoms with E-state index in [0.29, 0.717) is 11.4 Å². The third-order valence-electron chi connectivity index (χ3n) is 5.57. The molecule has 1 fully saturated rings. The predicted molar refractivity (Wildman–Crippen MR) is 113 cm³/mol. The van der Waals surface area contributed by atoms with Crippen molar-refractivity contribution >= 4 is 11.5 Å². The van der Waals surface area contributed by atoms with Crippen molar-refractivity contribution in [3.63, 3.8) is 0 Å². The van der Waals surface area contributed by atoms with Gasteiger partial charge in [-0.3, -0.25) is 20.2 Å². The molecule has 0 aromatic carbocycles. The number of halogens is 3. The molecule has 3 heterocycles. The van der Waals surface area contributed by atoms with Crippen molar-refractivity contribution in [1.82, 2.24) is 19.9 Å². The van der Waals surface area contributed by atoms with E-state index in [1.807, 2.05) is 18.2 Å². The van der Waals surface area contributed by atoms with Crippen LogP contribution in [0.4, 0.5) is 19.0 Å². The average Bonchev–Trinajstić information content (AvgIpc) is 2.76. The second kappa shape index (κ2) is 8.82. The smallest absolute Gasteiger partial charge is 0.365 e. The van der Waals surface area contributed by atoms with Gasteiger partial charge in [-0.25, -0.2) is 4.98 Å². The summed E-state index contributed by atoms with van der Waals surface area (Å²) in [6, 6.07) is 9.36. The largest absolute Gasteiger partial charge is 0.433 e. The summed E-state index contributed by atoms with van der Waals surface area (Å²) in [6.07, 6.45) is -0.120. The third-order valence-corrected chi connectivity index (χ3v) is 5.57. The quantitative estimate of drug-likeness (QED) is 0.487. The van der Waals surface area contributed by atoms with Gasteiger partial charge in [0.1, 0.15) is 34.7 Å². The molecule has 0 amide bonds. The van der Waals surface area contributed by atoms with Crippen molar-refractivity contribution in [1.29, 1.82) is 10.7 Å². The first-order valence-corrected chi connectivity index (χ1v) is 10.1. The summed E-state index contributed by atoms with van der Waals surface area (Å²) >= 11 is 0. The highest BCUT2D eigenvalue weighted by Crippen LogP contribution is 2.47. The van der Waals surface area contributed by atoms with E-state index < -0.39 is 23.1 Å². The Hall–Kier alpha value is -4.07. The first kappa shape index (κ1) is 22.1. The summed E-state index contributed by atoms with van der Waals surface area (Å²) in [6.45, 7) is 0.00107. The lowest BCUT2D eigenvalue weighted by Gasteiger charge is -2.35. The molecule has 11 heteroatoms. The van der Waals surface area contributed by atoms with E-state index in [4.69, 9.17) is 10.7 Å². The number of nitriles is 1. The van der Waals surface area contributed by atoms with Crippen molar-refractivity contribution in [2.24, 2.45) is 0 Å². The zero-order valence-corrected chi connectivity index (χ0v) is 17.1. The maximum absolute atomic E-state index is 12.7. The molecule has 0 radical (unpaired) electrons. The number of aromatic nitrogens is 4. The fourth-order valence-corrected chi connectivity index (χ4v) is 3.74. The minimum absolute atomic E-state index is 0.00107. The molecule has 4 rings (SSSR count). The Morgan fingerprint density at radius 1 is 1.21 bits per heavy atom. The van der Waals surface area contributed by atoms with E-state index >= 15 is 0 Å². The summed E-state index contributed by atoms with van der Waals surface area (Å²) in [5.41, 5.74) is -1.15. The van der Waals surface area contributed by atoms with Gasteiger partial charge in [0, 0.05) is 36.5 Å². The Morgan fingerprint density at radius 3 is 2.58 bits per heavy atom. The van der Waals surface area contributed by atoms with Gasteiger partial charge in [0.25, 0.3) is 5.56 Å². The summed E-state index contributed by atoms with van der Waals surface area (Å²) in [4.78, 5) is 27.7. The zero-order chi connectivity index (χ0) is 23.6. The van der Waals surface area contributed by atoms with Crippen LogP contribution in [0.1, 0.15) is 53.0 Å². The molecule has 33 heavy (non-hydrogen) atoms. The molecule has 1 aliphatic rings. The topological polar surface area (TPSA) is 131 Å². The van der Waals surface area contributed by atoms with E-state index in [1.165, 1.54) is 6.07 Å². The van der Waals surface area contributed by atoms with Crippen LogP contribution in [0.15, 0.2) is 47.5 Å². The molecule has 1 aliphatic carbocycles. The number of rotatable bonds is 6. The van der Waals surface area contributed by atoms with E-state index in [9.17, 15) is 18.0 Å². The number of alkyl halides is 3. The second-order valence-corrected chi connectivity index (χ2v) is 7.61. The fourth-order valence-electron chi connectivity index (χ4n) is 3.74. The molecular weight excluding hydrogens is 435 g/mol.